The van der Waals surface area contributed by atoms with Gasteiger partial charge in [0.05, 0.1) is 12.0 Å². The molecule has 1 N–H and O–H groups in total. The van der Waals surface area contributed by atoms with Crippen molar-refractivity contribution < 1.29 is 9.66 Å². The minimum atomic E-state index is -0.438. The quantitative estimate of drug-likeness (QED) is 0.660. The molecule has 0 aliphatic heterocycles. The van der Waals surface area contributed by atoms with Crippen molar-refractivity contribution in [1.29, 1.82) is 0 Å². The van der Waals surface area contributed by atoms with E-state index in [1.165, 1.54) is 7.11 Å². The van der Waals surface area contributed by atoms with Crippen LogP contribution < -0.4 is 10.1 Å². The van der Waals surface area contributed by atoms with Crippen LogP contribution >= 0.6 is 0 Å². The number of anilines is 1. The normalized spacial score (nSPS) is 9.95. The molecule has 0 heterocycles. The third-order valence-electron chi connectivity index (χ3n) is 2.73. The molecule has 98 valence electrons. The van der Waals surface area contributed by atoms with Crippen molar-refractivity contribution in [3.8, 4) is 5.75 Å². The van der Waals surface area contributed by atoms with E-state index in [4.69, 9.17) is 4.74 Å². The van der Waals surface area contributed by atoms with Gasteiger partial charge in [0, 0.05) is 6.54 Å². The number of hydrogen-bond acceptors (Lipinski definition) is 4. The van der Waals surface area contributed by atoms with Crippen molar-refractivity contribution in [2.75, 3.05) is 12.4 Å². The third-order valence-corrected chi connectivity index (χ3v) is 2.73. The zero-order valence-electron chi connectivity index (χ0n) is 10.5. The van der Waals surface area contributed by atoms with Crippen LogP contribution in [0.3, 0.4) is 0 Å². The van der Waals surface area contributed by atoms with Crippen molar-refractivity contribution in [1.82, 2.24) is 0 Å². The SMILES string of the molecule is COc1cccc(NCc2ccccc2)c1[N+](=O)[O-]. The van der Waals surface area contributed by atoms with Crippen LogP contribution in [-0.4, -0.2) is 12.0 Å². The summed E-state index contributed by atoms with van der Waals surface area (Å²) in [4.78, 5) is 10.7. The summed E-state index contributed by atoms with van der Waals surface area (Å²) >= 11 is 0. The largest absolute Gasteiger partial charge is 0.490 e. The van der Waals surface area contributed by atoms with Gasteiger partial charge in [-0.25, -0.2) is 0 Å². The van der Waals surface area contributed by atoms with Crippen molar-refractivity contribution in [3.05, 3.63) is 64.2 Å². The van der Waals surface area contributed by atoms with Gasteiger partial charge in [0.25, 0.3) is 0 Å². The van der Waals surface area contributed by atoms with E-state index in [0.29, 0.717) is 12.2 Å². The second-order valence-corrected chi connectivity index (χ2v) is 3.95. The maximum absolute atomic E-state index is 11.1. The standard InChI is InChI=1S/C14H14N2O3/c1-19-13-9-5-8-12(14(13)16(17)18)15-10-11-6-3-2-4-7-11/h2-9,15H,10H2,1H3. The Morgan fingerprint density at radius 3 is 2.53 bits per heavy atom. The predicted octanol–water partition coefficient (Wildman–Crippen LogP) is 3.22. The van der Waals surface area contributed by atoms with Crippen molar-refractivity contribution in [2.24, 2.45) is 0 Å². The fourth-order valence-corrected chi connectivity index (χ4v) is 1.81. The minimum Gasteiger partial charge on any atom is -0.490 e. The molecule has 0 saturated heterocycles. The van der Waals surface area contributed by atoms with Gasteiger partial charge in [0.15, 0.2) is 5.75 Å². The van der Waals surface area contributed by atoms with E-state index in [1.54, 1.807) is 18.2 Å². The maximum Gasteiger partial charge on any atom is 0.333 e. The third kappa shape index (κ3) is 3.01. The molecule has 0 unspecified atom stereocenters. The van der Waals surface area contributed by atoms with E-state index >= 15 is 0 Å². The van der Waals surface area contributed by atoms with E-state index in [0.717, 1.165) is 5.56 Å². The summed E-state index contributed by atoms with van der Waals surface area (Å²) in [7, 11) is 1.42. The molecule has 0 bridgehead atoms. The molecule has 0 amide bonds. The highest BCUT2D eigenvalue weighted by molar-refractivity contribution is 5.68. The highest BCUT2D eigenvalue weighted by atomic mass is 16.6. The Hall–Kier alpha value is -2.56. The smallest absolute Gasteiger partial charge is 0.333 e. The molecule has 5 nitrogen and oxygen atoms in total. The van der Waals surface area contributed by atoms with Gasteiger partial charge in [-0.05, 0) is 17.7 Å². The minimum absolute atomic E-state index is 0.0408. The Bertz CT molecular complexity index is 570. The summed E-state index contributed by atoms with van der Waals surface area (Å²) in [6, 6.07) is 14.7. The van der Waals surface area contributed by atoms with Gasteiger partial charge >= 0.3 is 5.69 Å². The van der Waals surface area contributed by atoms with Crippen LogP contribution in [0.5, 0.6) is 5.75 Å². The Morgan fingerprint density at radius 2 is 1.89 bits per heavy atom. The molecule has 0 fully saturated rings. The van der Waals surface area contributed by atoms with Crippen LogP contribution in [0, 0.1) is 10.1 Å². The summed E-state index contributed by atoms with van der Waals surface area (Å²) < 4.78 is 5.02. The van der Waals surface area contributed by atoms with Crippen molar-refractivity contribution in [3.63, 3.8) is 0 Å². The molecule has 2 rings (SSSR count). The summed E-state index contributed by atoms with van der Waals surface area (Å²) in [5.41, 5.74) is 1.47. The van der Waals surface area contributed by atoms with Gasteiger partial charge in [-0.3, -0.25) is 10.1 Å². The number of nitro groups is 1. The van der Waals surface area contributed by atoms with E-state index in [9.17, 15) is 10.1 Å². The number of benzene rings is 2. The molecule has 0 spiro atoms. The lowest BCUT2D eigenvalue weighted by molar-refractivity contribution is -0.384. The second kappa shape index (κ2) is 5.86. The molecule has 0 aliphatic rings. The van der Waals surface area contributed by atoms with Gasteiger partial charge < -0.3 is 10.1 Å². The van der Waals surface area contributed by atoms with Gasteiger partial charge in [-0.2, -0.15) is 0 Å². The highest BCUT2D eigenvalue weighted by Gasteiger charge is 2.19. The van der Waals surface area contributed by atoms with Crippen LogP contribution in [0.15, 0.2) is 48.5 Å². The molecule has 5 heteroatoms. The average Bonchev–Trinajstić information content (AvgIpc) is 2.45. The highest BCUT2D eigenvalue weighted by Crippen LogP contribution is 2.34. The Morgan fingerprint density at radius 1 is 1.16 bits per heavy atom. The van der Waals surface area contributed by atoms with Crippen LogP contribution in [0.4, 0.5) is 11.4 Å². The first-order chi connectivity index (χ1) is 9.22. The summed E-state index contributed by atoms with van der Waals surface area (Å²) in [5.74, 6) is 0.253. The van der Waals surface area contributed by atoms with Gasteiger partial charge in [0.2, 0.25) is 0 Å². The number of rotatable bonds is 5. The first kappa shape index (κ1) is 12.9. The lowest BCUT2D eigenvalue weighted by atomic mass is 10.2. The molecule has 2 aromatic rings. The van der Waals surface area contributed by atoms with E-state index in [1.807, 2.05) is 30.3 Å². The molecule has 0 atom stereocenters. The Labute approximate surface area is 111 Å². The molecule has 19 heavy (non-hydrogen) atoms. The second-order valence-electron chi connectivity index (χ2n) is 3.95. The average molecular weight is 258 g/mol. The molecular weight excluding hydrogens is 244 g/mol. The zero-order chi connectivity index (χ0) is 13.7. The Kier molecular flexibility index (Phi) is 3.97. The maximum atomic E-state index is 11.1. The zero-order valence-corrected chi connectivity index (χ0v) is 10.5. The Balaban J connectivity index is 2.23. The summed E-state index contributed by atoms with van der Waals surface area (Å²) in [5, 5.41) is 14.2. The number of methoxy groups -OCH3 is 1. The predicted molar refractivity (Wildman–Crippen MR) is 73.4 cm³/mol. The number of nitrogens with one attached hydrogen (secondary N) is 1. The molecule has 0 aromatic heterocycles. The summed E-state index contributed by atoms with van der Waals surface area (Å²) in [6.45, 7) is 0.523. The van der Waals surface area contributed by atoms with Gasteiger partial charge in [-0.1, -0.05) is 36.4 Å². The number of hydrogen-bond donors (Lipinski definition) is 1. The first-order valence-electron chi connectivity index (χ1n) is 5.81. The van der Waals surface area contributed by atoms with Crippen LogP contribution in [-0.2, 0) is 6.54 Å². The van der Waals surface area contributed by atoms with Crippen LogP contribution in [0.2, 0.25) is 0 Å². The number of para-hydroxylation sites is 1. The fraction of sp³-hybridized carbons (Fsp3) is 0.143. The van der Waals surface area contributed by atoms with Gasteiger partial charge in [-0.15, -0.1) is 0 Å². The molecule has 0 aliphatic carbocycles. The number of nitrogens with zero attached hydrogens (tertiary/aromatic N) is 1. The number of ether oxygens (including phenoxy) is 1. The molecule has 0 saturated carbocycles. The lowest BCUT2D eigenvalue weighted by Crippen LogP contribution is -2.03. The van der Waals surface area contributed by atoms with Crippen LogP contribution in [0.25, 0.3) is 0 Å². The van der Waals surface area contributed by atoms with Gasteiger partial charge in [0.1, 0.15) is 5.69 Å². The lowest BCUT2D eigenvalue weighted by Gasteiger charge is -2.09. The van der Waals surface area contributed by atoms with Crippen molar-refractivity contribution in [2.45, 2.75) is 6.54 Å². The topological polar surface area (TPSA) is 64.4 Å². The first-order valence-corrected chi connectivity index (χ1v) is 5.81. The molecule has 2 aromatic carbocycles. The van der Waals surface area contributed by atoms with E-state index < -0.39 is 4.92 Å². The van der Waals surface area contributed by atoms with Crippen LogP contribution in [0.1, 0.15) is 5.56 Å². The molecular formula is C14H14N2O3. The number of nitro benzene ring substituents is 1. The van der Waals surface area contributed by atoms with E-state index in [2.05, 4.69) is 5.32 Å². The van der Waals surface area contributed by atoms with Crippen molar-refractivity contribution >= 4 is 11.4 Å². The molecule has 0 radical (unpaired) electrons. The fourth-order valence-electron chi connectivity index (χ4n) is 1.81. The monoisotopic (exact) mass is 258 g/mol. The van der Waals surface area contributed by atoms with E-state index in [-0.39, 0.29) is 11.4 Å². The summed E-state index contributed by atoms with van der Waals surface area (Å²) in [6.07, 6.45) is 0.